The molecule has 0 saturated carbocycles. The van der Waals surface area contributed by atoms with Crippen molar-refractivity contribution < 1.29 is 4.79 Å². The fourth-order valence-corrected chi connectivity index (χ4v) is 4.65. The lowest BCUT2D eigenvalue weighted by Gasteiger charge is -2.26. The van der Waals surface area contributed by atoms with Gasteiger partial charge in [0.15, 0.2) is 0 Å². The zero-order chi connectivity index (χ0) is 18.9. The van der Waals surface area contributed by atoms with Crippen LogP contribution in [0.15, 0.2) is 42.5 Å². The number of hydrogen-bond acceptors (Lipinski definition) is 2. The van der Waals surface area contributed by atoms with Gasteiger partial charge in [0.25, 0.3) is 0 Å². The molecule has 26 heavy (non-hydrogen) atoms. The third-order valence-electron chi connectivity index (χ3n) is 4.41. The third-order valence-corrected chi connectivity index (χ3v) is 6.30. The summed E-state index contributed by atoms with van der Waals surface area (Å²) in [6, 6.07) is 13.5. The Labute approximate surface area is 169 Å². The van der Waals surface area contributed by atoms with Crippen molar-refractivity contribution in [2.24, 2.45) is 0 Å². The quantitative estimate of drug-likeness (QED) is 0.608. The topological polar surface area (TPSA) is 32.3 Å². The lowest BCUT2D eigenvalue weighted by atomic mass is 9.87. The molecule has 3 rings (SSSR count). The van der Waals surface area contributed by atoms with Crippen molar-refractivity contribution in [3.63, 3.8) is 0 Å². The number of carbonyl (C=O) groups is 1. The molecule has 1 aliphatic rings. The lowest BCUT2D eigenvalue weighted by Crippen LogP contribution is -2.34. The molecule has 1 fully saturated rings. The summed E-state index contributed by atoms with van der Waals surface area (Å²) in [5, 5.41) is 3.72. The first-order valence-electron chi connectivity index (χ1n) is 8.51. The van der Waals surface area contributed by atoms with Gasteiger partial charge in [0.05, 0.1) is 15.7 Å². The largest absolute Gasteiger partial charge is 0.323 e. The number of rotatable bonds is 2. The summed E-state index contributed by atoms with van der Waals surface area (Å²) in [4.78, 5) is 14.6. The van der Waals surface area contributed by atoms with E-state index in [2.05, 4.69) is 50.4 Å². The Hall–Kier alpha value is -1.36. The van der Waals surface area contributed by atoms with Crippen molar-refractivity contribution in [3.05, 3.63) is 63.6 Å². The average molecular weight is 409 g/mol. The fraction of sp³-hybridized carbons (Fsp3) is 0.350. The second-order valence-corrected chi connectivity index (χ2v) is 9.32. The van der Waals surface area contributed by atoms with Gasteiger partial charge in [-0.05, 0) is 28.7 Å². The Bertz CT molecular complexity index is 782. The van der Waals surface area contributed by atoms with Crippen molar-refractivity contribution in [1.29, 1.82) is 0 Å². The molecule has 0 bridgehead atoms. The molecule has 3 nitrogen and oxygen atoms in total. The molecule has 2 aromatic rings. The molecule has 1 N–H and O–H groups in total. The molecule has 6 heteroatoms. The zero-order valence-electron chi connectivity index (χ0n) is 15.1. The zero-order valence-corrected chi connectivity index (χ0v) is 17.4. The molecular weight excluding hydrogens is 387 g/mol. The Morgan fingerprint density at radius 3 is 2.31 bits per heavy atom. The minimum absolute atomic E-state index is 0.00900. The highest BCUT2D eigenvalue weighted by Crippen LogP contribution is 2.39. The average Bonchev–Trinajstić information content (AvgIpc) is 3.07. The molecule has 1 saturated heterocycles. The molecule has 0 spiro atoms. The maximum absolute atomic E-state index is 12.8. The molecular formula is C20H22Cl2N2OS. The summed E-state index contributed by atoms with van der Waals surface area (Å²) in [7, 11) is 0. The number of benzene rings is 2. The minimum atomic E-state index is -0.185. The van der Waals surface area contributed by atoms with Crippen LogP contribution in [-0.4, -0.2) is 23.2 Å². The van der Waals surface area contributed by atoms with Crippen LogP contribution in [0, 0.1) is 0 Å². The van der Waals surface area contributed by atoms with Gasteiger partial charge in [-0.1, -0.05) is 74.3 Å². The molecule has 0 aromatic heterocycles. The lowest BCUT2D eigenvalue weighted by molar-refractivity contribution is 0.214. The molecule has 1 heterocycles. The van der Waals surface area contributed by atoms with E-state index in [0.717, 1.165) is 11.3 Å². The van der Waals surface area contributed by atoms with Crippen LogP contribution in [0.4, 0.5) is 10.5 Å². The van der Waals surface area contributed by atoms with E-state index < -0.39 is 0 Å². The smallest absolute Gasteiger partial charge is 0.308 e. The van der Waals surface area contributed by atoms with E-state index >= 15 is 0 Å². The first-order chi connectivity index (χ1) is 12.3. The number of halogens is 2. The molecule has 1 aliphatic heterocycles. The summed E-state index contributed by atoms with van der Waals surface area (Å²) in [6.07, 6.45) is 0. The van der Waals surface area contributed by atoms with Crippen LogP contribution < -0.4 is 5.32 Å². The Morgan fingerprint density at radius 2 is 1.73 bits per heavy atom. The second-order valence-electron chi connectivity index (χ2n) is 7.32. The fourth-order valence-electron chi connectivity index (χ4n) is 2.90. The standard InChI is InChI=1S/C20H22Cl2N2OS/c1-20(2,3)14-9-7-13(8-10-14)18-24(11-12-26-18)19(25)23-17-15(21)5-4-6-16(17)22/h4-10,18H,11-12H2,1-3H3,(H,23,25). The van der Waals surface area contributed by atoms with Gasteiger partial charge in [-0.25, -0.2) is 4.79 Å². The predicted molar refractivity (Wildman–Crippen MR) is 113 cm³/mol. The number of para-hydroxylation sites is 1. The van der Waals surface area contributed by atoms with Gasteiger partial charge in [-0.15, -0.1) is 11.8 Å². The maximum Gasteiger partial charge on any atom is 0.323 e. The molecule has 0 aliphatic carbocycles. The van der Waals surface area contributed by atoms with E-state index in [1.807, 2.05) is 4.90 Å². The van der Waals surface area contributed by atoms with Crippen molar-refractivity contribution >= 4 is 46.7 Å². The second kappa shape index (κ2) is 7.71. The number of anilines is 1. The van der Waals surface area contributed by atoms with Crippen molar-refractivity contribution in [3.8, 4) is 0 Å². The molecule has 1 unspecified atom stereocenters. The number of thioether (sulfide) groups is 1. The third kappa shape index (κ3) is 4.13. The molecule has 2 amide bonds. The number of urea groups is 1. The highest BCUT2D eigenvalue weighted by Gasteiger charge is 2.31. The van der Waals surface area contributed by atoms with Crippen molar-refractivity contribution in [2.45, 2.75) is 31.6 Å². The monoisotopic (exact) mass is 408 g/mol. The summed E-state index contributed by atoms with van der Waals surface area (Å²) in [6.45, 7) is 7.27. The van der Waals surface area contributed by atoms with Crippen LogP contribution in [-0.2, 0) is 5.41 Å². The van der Waals surface area contributed by atoms with Gasteiger partial charge in [-0.3, -0.25) is 0 Å². The van der Waals surface area contributed by atoms with Gasteiger partial charge in [0.2, 0.25) is 0 Å². The number of nitrogens with one attached hydrogen (secondary N) is 1. The van der Waals surface area contributed by atoms with E-state index in [1.165, 1.54) is 5.56 Å². The molecule has 0 radical (unpaired) electrons. The highest BCUT2D eigenvalue weighted by atomic mass is 35.5. The van der Waals surface area contributed by atoms with Crippen molar-refractivity contribution in [2.75, 3.05) is 17.6 Å². The predicted octanol–water partition coefficient (Wildman–Crippen LogP) is 6.57. The van der Waals surface area contributed by atoms with Crippen LogP contribution in [0.2, 0.25) is 10.0 Å². The number of nitrogens with zero attached hydrogens (tertiary/aromatic N) is 1. The van der Waals surface area contributed by atoms with E-state index in [-0.39, 0.29) is 16.8 Å². The molecule has 1 atom stereocenters. The molecule has 2 aromatic carbocycles. The van der Waals surface area contributed by atoms with Gasteiger partial charge in [0, 0.05) is 12.3 Å². The van der Waals surface area contributed by atoms with Crippen LogP contribution in [0.5, 0.6) is 0 Å². The summed E-state index contributed by atoms with van der Waals surface area (Å²) >= 11 is 14.1. The van der Waals surface area contributed by atoms with Crippen LogP contribution in [0.25, 0.3) is 0 Å². The summed E-state index contributed by atoms with van der Waals surface area (Å²) in [5.74, 6) is 0.898. The van der Waals surface area contributed by atoms with E-state index in [0.29, 0.717) is 22.3 Å². The van der Waals surface area contributed by atoms with Gasteiger partial charge >= 0.3 is 6.03 Å². The van der Waals surface area contributed by atoms with Crippen LogP contribution in [0.1, 0.15) is 37.3 Å². The first kappa shape index (κ1) is 19.4. The van der Waals surface area contributed by atoms with E-state index in [1.54, 1.807) is 30.0 Å². The van der Waals surface area contributed by atoms with Crippen LogP contribution >= 0.6 is 35.0 Å². The SMILES string of the molecule is CC(C)(C)c1ccc(C2SCCN2C(=O)Nc2c(Cl)cccc2Cl)cc1. The van der Waals surface area contributed by atoms with Crippen molar-refractivity contribution in [1.82, 2.24) is 4.90 Å². The normalized spacial score (nSPS) is 17.4. The Kier molecular flexibility index (Phi) is 5.75. The first-order valence-corrected chi connectivity index (χ1v) is 10.3. The Morgan fingerprint density at radius 1 is 1.12 bits per heavy atom. The number of hydrogen-bond donors (Lipinski definition) is 1. The van der Waals surface area contributed by atoms with Gasteiger partial charge in [0.1, 0.15) is 5.37 Å². The van der Waals surface area contributed by atoms with Gasteiger partial charge in [-0.2, -0.15) is 0 Å². The van der Waals surface area contributed by atoms with Crippen LogP contribution in [0.3, 0.4) is 0 Å². The number of amides is 2. The van der Waals surface area contributed by atoms with Gasteiger partial charge < -0.3 is 10.2 Å². The van der Waals surface area contributed by atoms with E-state index in [9.17, 15) is 4.79 Å². The highest BCUT2D eigenvalue weighted by molar-refractivity contribution is 7.99. The van der Waals surface area contributed by atoms with E-state index in [4.69, 9.17) is 23.2 Å². The molecule has 138 valence electrons. The summed E-state index contributed by atoms with van der Waals surface area (Å²) in [5.41, 5.74) is 2.97. The summed E-state index contributed by atoms with van der Waals surface area (Å²) < 4.78 is 0. The maximum atomic E-state index is 12.8. The minimum Gasteiger partial charge on any atom is -0.308 e. The Balaban J connectivity index is 1.78. The number of carbonyl (C=O) groups excluding carboxylic acids is 1.